The first kappa shape index (κ1) is 47.5. The molecule has 1 aliphatic rings. The lowest BCUT2D eigenvalue weighted by atomic mass is 10.1. The Hall–Kier alpha value is -5.45. The van der Waals surface area contributed by atoms with Crippen LogP contribution in [0.5, 0.6) is 5.75 Å². The highest BCUT2D eigenvalue weighted by Gasteiger charge is 2.19. The topological polar surface area (TPSA) is 148 Å². The number of aliphatic imine (C=N–C) groups is 1. The molecule has 0 saturated heterocycles. The molecule has 0 spiro atoms. The van der Waals surface area contributed by atoms with Crippen LogP contribution >= 0.6 is 0 Å². The molecule has 0 radical (unpaired) electrons. The Labute approximate surface area is 276 Å². The zero-order valence-electron chi connectivity index (χ0n) is 27.7. The van der Waals surface area contributed by atoms with Crippen LogP contribution in [0.2, 0.25) is 0 Å². The van der Waals surface area contributed by atoms with Gasteiger partial charge >= 0.3 is 0 Å². The maximum absolute atomic E-state index is 9.52. The van der Waals surface area contributed by atoms with Crippen molar-refractivity contribution >= 4 is 30.2 Å². The number of phenols is 1. The monoisotopic (exact) mass is 631 g/mol. The Bertz CT molecular complexity index is 1360. The van der Waals surface area contributed by atoms with Crippen molar-refractivity contribution in [3.05, 3.63) is 84.7 Å². The molecule has 0 amide bonds. The molecule has 4 rings (SSSR count). The smallest absolute Gasteiger partial charge is 0.138 e. The minimum atomic E-state index is 0. The van der Waals surface area contributed by atoms with Crippen molar-refractivity contribution in [1.82, 2.24) is 14.9 Å². The van der Waals surface area contributed by atoms with Crippen LogP contribution in [0.1, 0.15) is 52.7 Å². The highest BCUT2D eigenvalue weighted by atomic mass is 16.4. The fourth-order valence-corrected chi connectivity index (χ4v) is 3.42. The first-order chi connectivity index (χ1) is 21.7. The number of allylic oxidation sites excluding steroid dienone is 2. The van der Waals surface area contributed by atoms with E-state index in [9.17, 15) is 5.11 Å². The van der Waals surface area contributed by atoms with Crippen molar-refractivity contribution in [2.75, 3.05) is 26.5 Å². The molecule has 2 aromatic carbocycles. The molecule has 10 heteroatoms. The van der Waals surface area contributed by atoms with Crippen molar-refractivity contribution in [3.63, 3.8) is 0 Å². The van der Waals surface area contributed by atoms with Crippen LogP contribution < -0.4 is 10.6 Å². The number of fused-ring (bicyclic) bond motifs is 1. The third-order valence-corrected chi connectivity index (χ3v) is 5.14. The number of imidazole rings is 1. The molecule has 46 heavy (non-hydrogen) atoms. The second-order valence-corrected chi connectivity index (χ2v) is 8.21. The number of nitrogens with zero attached hydrogens (tertiary/aromatic N) is 5. The van der Waals surface area contributed by atoms with E-state index in [1.54, 1.807) is 25.2 Å². The van der Waals surface area contributed by atoms with E-state index in [0.29, 0.717) is 5.57 Å². The number of nitrogens with one attached hydrogen (secondary N) is 2. The van der Waals surface area contributed by atoms with Crippen molar-refractivity contribution in [2.45, 2.75) is 54.5 Å². The van der Waals surface area contributed by atoms with Gasteiger partial charge in [-0.25, -0.2) is 4.98 Å². The molecule has 1 aromatic heterocycles. The van der Waals surface area contributed by atoms with Crippen LogP contribution in [-0.4, -0.2) is 59.7 Å². The number of carbonyl (C=O) groups excluding carboxylic acids is 1. The summed E-state index contributed by atoms with van der Waals surface area (Å²) >= 11 is 0. The van der Waals surface area contributed by atoms with Crippen LogP contribution in [0, 0.1) is 24.2 Å². The minimum absolute atomic E-state index is 0. The average Bonchev–Trinajstić information content (AvgIpc) is 3.67. The number of phenolic OH excluding ortho intramolecular Hbond substituents is 1. The largest absolute Gasteiger partial charge is 0.508 e. The van der Waals surface area contributed by atoms with Gasteiger partial charge in [0.25, 0.3) is 0 Å². The molecule has 0 atom stereocenters. The number of aryl methyl sites for hydroxylation is 2. The number of anilines is 2. The molecular formula is C36H53N7O3. The maximum atomic E-state index is 9.52. The predicted molar refractivity (Wildman–Crippen MR) is 196 cm³/mol. The van der Waals surface area contributed by atoms with E-state index in [1.165, 1.54) is 18.6 Å². The Morgan fingerprint density at radius 3 is 2.11 bits per heavy atom. The summed E-state index contributed by atoms with van der Waals surface area (Å²) in [5, 5.41) is 36.1. The first-order valence-corrected chi connectivity index (χ1v) is 14.1. The fraction of sp³-hybridized carbons (Fsp3) is 0.306. The van der Waals surface area contributed by atoms with Crippen LogP contribution in [0.4, 0.5) is 11.5 Å². The molecule has 10 nitrogen and oxygen atoms in total. The molecule has 0 aliphatic heterocycles. The molecule has 0 fully saturated rings. The molecule has 3 aromatic rings. The second kappa shape index (κ2) is 31.0. The van der Waals surface area contributed by atoms with Crippen molar-refractivity contribution in [2.24, 2.45) is 10.1 Å². The third-order valence-electron chi connectivity index (χ3n) is 5.14. The molecule has 4 N–H and O–H groups in total. The number of terminal acetylenes is 1. The van der Waals surface area contributed by atoms with Gasteiger partial charge in [-0.3, -0.25) is 0 Å². The van der Waals surface area contributed by atoms with Crippen LogP contribution in [0.25, 0.3) is 11.3 Å². The number of oxime groups is 1. The van der Waals surface area contributed by atoms with Crippen molar-refractivity contribution in [1.29, 1.82) is 5.26 Å². The quantitative estimate of drug-likeness (QED) is 0.0430. The Balaban J connectivity index is -0.000000370. The van der Waals surface area contributed by atoms with Crippen LogP contribution in [0.3, 0.4) is 0 Å². The van der Waals surface area contributed by atoms with Gasteiger partial charge in [-0.05, 0) is 89.5 Å². The summed E-state index contributed by atoms with van der Waals surface area (Å²) in [5.41, 5.74) is 6.10. The van der Waals surface area contributed by atoms with E-state index in [2.05, 4.69) is 76.0 Å². The molecule has 1 heterocycles. The predicted octanol–water partition coefficient (Wildman–Crippen LogP) is 7.67. The van der Waals surface area contributed by atoms with E-state index in [0.717, 1.165) is 59.7 Å². The van der Waals surface area contributed by atoms with Gasteiger partial charge in [0, 0.05) is 36.0 Å². The van der Waals surface area contributed by atoms with Gasteiger partial charge in [0.15, 0.2) is 0 Å². The minimum Gasteiger partial charge on any atom is -0.508 e. The van der Waals surface area contributed by atoms with Crippen molar-refractivity contribution < 1.29 is 15.1 Å². The summed E-state index contributed by atoms with van der Waals surface area (Å²) in [6, 6.07) is 14.9. The lowest BCUT2D eigenvalue weighted by Crippen LogP contribution is -2.02. The number of hydrogen-bond donors (Lipinski definition) is 4. The van der Waals surface area contributed by atoms with Gasteiger partial charge in [0.2, 0.25) is 0 Å². The van der Waals surface area contributed by atoms with Gasteiger partial charge in [0.1, 0.15) is 23.5 Å². The van der Waals surface area contributed by atoms with E-state index in [-0.39, 0.29) is 13.2 Å². The van der Waals surface area contributed by atoms with Crippen LogP contribution in [0.15, 0.2) is 83.7 Å². The molecule has 0 saturated carbocycles. The summed E-state index contributed by atoms with van der Waals surface area (Å²) in [5.74, 6) is 1.14. The van der Waals surface area contributed by atoms with E-state index in [1.807, 2.05) is 58.5 Å². The fourth-order valence-electron chi connectivity index (χ4n) is 3.42. The summed E-state index contributed by atoms with van der Waals surface area (Å²) in [6.45, 7) is 18.0. The number of hydrogen-bond acceptors (Lipinski definition) is 9. The average molecular weight is 632 g/mol. The van der Waals surface area contributed by atoms with E-state index in [4.69, 9.17) is 15.3 Å². The Morgan fingerprint density at radius 1 is 1.17 bits per heavy atom. The number of aromatic hydroxyl groups is 1. The van der Waals surface area contributed by atoms with Gasteiger partial charge < -0.3 is 35.3 Å². The first-order valence-electron chi connectivity index (χ1n) is 14.1. The molecule has 1 aliphatic carbocycles. The highest BCUT2D eigenvalue weighted by molar-refractivity contribution is 6.04. The lowest BCUT2D eigenvalue weighted by molar-refractivity contribution is -0.106. The van der Waals surface area contributed by atoms with Crippen molar-refractivity contribution in [3.8, 4) is 35.9 Å². The summed E-state index contributed by atoms with van der Waals surface area (Å²) in [7, 11) is 5.39. The van der Waals surface area contributed by atoms with Gasteiger partial charge in [-0.2, -0.15) is 5.26 Å². The number of aromatic nitrogens is 2. The van der Waals surface area contributed by atoms with Gasteiger partial charge in [-0.15, -0.1) is 12.8 Å². The second-order valence-electron chi connectivity index (χ2n) is 8.21. The SMILES string of the molecule is C.C#C.C=CC(=C)C#N.C=NC.CC.CC=O.CCn1cnc(-c2ccc(O)cc2)c1Nc1ccc2c(c1)CC/C2=N\O.CNC. The van der Waals surface area contributed by atoms with E-state index < -0.39 is 0 Å². The number of carbonyl (C=O) groups is 1. The number of aldehydes is 1. The molecule has 0 bridgehead atoms. The zero-order chi connectivity index (χ0) is 35.2. The molecule has 250 valence electrons. The number of rotatable bonds is 5. The number of benzene rings is 2. The summed E-state index contributed by atoms with van der Waals surface area (Å²) in [6.07, 6.45) is 13.6. The van der Waals surface area contributed by atoms with E-state index >= 15 is 0 Å². The Kier molecular flexibility index (Phi) is 32.0. The Morgan fingerprint density at radius 2 is 1.70 bits per heavy atom. The van der Waals surface area contributed by atoms with Gasteiger partial charge in [0.05, 0.1) is 18.1 Å². The number of nitriles is 1. The highest BCUT2D eigenvalue weighted by Crippen LogP contribution is 2.32. The molecule has 0 unspecified atom stereocenters. The summed E-state index contributed by atoms with van der Waals surface area (Å²) < 4.78 is 2.05. The zero-order valence-corrected chi connectivity index (χ0v) is 27.7. The van der Waals surface area contributed by atoms with Crippen LogP contribution in [-0.2, 0) is 17.8 Å². The molecular weight excluding hydrogens is 578 g/mol. The lowest BCUT2D eigenvalue weighted by Gasteiger charge is -2.12. The normalized spacial score (nSPS) is 10.1. The maximum Gasteiger partial charge on any atom is 0.138 e. The third kappa shape index (κ3) is 17.6. The van der Waals surface area contributed by atoms with Gasteiger partial charge in [-0.1, -0.05) is 51.7 Å². The standard InChI is InChI=1S/C20H20N4O2.C5H5N.C2H7N.C2H5N.C2H4O.C2H6.C2H2.CH4/c1-2-24-12-21-19(13-3-7-16(25)8-4-13)20(24)22-15-6-9-17-14(11-15)5-10-18(17)23-26;1-3-5(2)4-6;2*1-3-2;1-2-3;2*1-2;/h3-4,6-9,11-12,22,25-26H,2,5,10H2,1H3;3H,1-2H2;3H,1-2H3;1H2,2H3;2H,1H3;1-2H3;1-2H;1H4/b23-18+;;;;;;;. The summed E-state index contributed by atoms with van der Waals surface area (Å²) in [4.78, 5) is 16.6.